The molecule has 0 unspecified atom stereocenters. The van der Waals surface area contributed by atoms with Crippen molar-refractivity contribution < 1.29 is 4.79 Å². The number of nitrogens with one attached hydrogen (secondary N) is 2. The Hall–Kier alpha value is -0.330. The highest BCUT2D eigenvalue weighted by molar-refractivity contribution is 14.1. The fourth-order valence-corrected chi connectivity index (χ4v) is 2.89. The predicted molar refractivity (Wildman–Crippen MR) is 98.0 cm³/mol. The molecule has 0 radical (unpaired) electrons. The number of unbranched alkanes of at least 4 members (excludes halogenated alkanes) is 1. The fourth-order valence-electron chi connectivity index (χ4n) is 2.53. The van der Waals surface area contributed by atoms with Gasteiger partial charge in [0.2, 0.25) is 5.91 Å². The first-order chi connectivity index (χ1) is 9.74. The van der Waals surface area contributed by atoms with Crippen molar-refractivity contribution in [1.29, 1.82) is 0 Å². The largest absolute Gasteiger partial charge is 0.353 e. The number of piperidine rings is 1. The third-order valence-electron chi connectivity index (χ3n) is 3.74. The van der Waals surface area contributed by atoms with Crippen LogP contribution in [-0.4, -0.2) is 25.0 Å². The van der Waals surface area contributed by atoms with Crippen LogP contribution in [0.15, 0.2) is 24.3 Å². The number of aryl methyl sites for hydroxylation is 1. The normalized spacial score (nSPS) is 15.3. The van der Waals surface area contributed by atoms with Gasteiger partial charge in [0.15, 0.2) is 0 Å². The smallest absolute Gasteiger partial charge is 0.220 e. The van der Waals surface area contributed by atoms with Gasteiger partial charge in [-0.3, -0.25) is 4.79 Å². The molecule has 1 saturated heterocycles. The standard InChI is InChI=1S/C16H23IN2O.ClH/c17-14-7-5-13(6-8-14)3-1-2-4-16(20)19-15-9-11-18-12-10-15;/h5-8,15,18H,1-4,9-12H2,(H,19,20);1H. The zero-order valence-electron chi connectivity index (χ0n) is 12.2. The van der Waals surface area contributed by atoms with E-state index in [1.165, 1.54) is 9.13 Å². The van der Waals surface area contributed by atoms with Crippen LogP contribution >= 0.6 is 35.0 Å². The number of hydrogen-bond acceptors (Lipinski definition) is 2. The molecule has 0 aromatic heterocycles. The summed E-state index contributed by atoms with van der Waals surface area (Å²) in [7, 11) is 0. The molecule has 5 heteroatoms. The second kappa shape index (κ2) is 10.4. The Morgan fingerprint density at radius 3 is 2.52 bits per heavy atom. The molecule has 118 valence electrons. The van der Waals surface area contributed by atoms with Gasteiger partial charge in [-0.05, 0) is 85.5 Å². The molecule has 0 bridgehead atoms. The van der Waals surface area contributed by atoms with Gasteiger partial charge < -0.3 is 10.6 Å². The van der Waals surface area contributed by atoms with Crippen molar-refractivity contribution in [3.63, 3.8) is 0 Å². The van der Waals surface area contributed by atoms with Crippen molar-refractivity contribution in [3.05, 3.63) is 33.4 Å². The van der Waals surface area contributed by atoms with E-state index in [2.05, 4.69) is 57.5 Å². The van der Waals surface area contributed by atoms with E-state index in [4.69, 9.17) is 0 Å². The third kappa shape index (κ3) is 7.47. The average Bonchev–Trinajstić information content (AvgIpc) is 2.46. The molecule has 1 fully saturated rings. The summed E-state index contributed by atoms with van der Waals surface area (Å²) in [6.45, 7) is 2.05. The molecule has 1 aromatic carbocycles. The first-order valence-electron chi connectivity index (χ1n) is 7.48. The van der Waals surface area contributed by atoms with Crippen molar-refractivity contribution in [2.24, 2.45) is 0 Å². The van der Waals surface area contributed by atoms with Crippen LogP contribution in [0.3, 0.4) is 0 Å². The molecule has 0 saturated carbocycles. The van der Waals surface area contributed by atoms with Crippen molar-refractivity contribution in [2.45, 2.75) is 44.6 Å². The minimum absolute atomic E-state index is 0. The molecule has 21 heavy (non-hydrogen) atoms. The van der Waals surface area contributed by atoms with E-state index in [9.17, 15) is 4.79 Å². The van der Waals surface area contributed by atoms with Gasteiger partial charge in [-0.1, -0.05) is 12.1 Å². The number of amides is 1. The van der Waals surface area contributed by atoms with Gasteiger partial charge in [-0.2, -0.15) is 0 Å². The van der Waals surface area contributed by atoms with Crippen molar-refractivity contribution in [2.75, 3.05) is 13.1 Å². The number of halogens is 2. The van der Waals surface area contributed by atoms with Gasteiger partial charge in [0, 0.05) is 16.0 Å². The van der Waals surface area contributed by atoms with E-state index in [1.807, 2.05) is 0 Å². The Kier molecular flexibility index (Phi) is 9.27. The van der Waals surface area contributed by atoms with E-state index in [-0.39, 0.29) is 18.3 Å². The van der Waals surface area contributed by atoms with Gasteiger partial charge in [0.25, 0.3) is 0 Å². The van der Waals surface area contributed by atoms with Gasteiger partial charge in [0.05, 0.1) is 0 Å². The molecule has 2 rings (SSSR count). The average molecular weight is 423 g/mol. The second-order valence-corrected chi connectivity index (χ2v) is 6.67. The summed E-state index contributed by atoms with van der Waals surface area (Å²) in [4.78, 5) is 11.8. The van der Waals surface area contributed by atoms with Crippen LogP contribution in [0.1, 0.15) is 37.7 Å². The summed E-state index contributed by atoms with van der Waals surface area (Å²) in [5.74, 6) is 0.222. The second-order valence-electron chi connectivity index (χ2n) is 5.43. The summed E-state index contributed by atoms with van der Waals surface area (Å²) < 4.78 is 1.27. The Labute approximate surface area is 147 Å². The van der Waals surface area contributed by atoms with Gasteiger partial charge in [-0.15, -0.1) is 12.4 Å². The predicted octanol–water partition coefficient (Wildman–Crippen LogP) is 3.29. The van der Waals surface area contributed by atoms with E-state index in [0.29, 0.717) is 12.5 Å². The van der Waals surface area contributed by atoms with Crippen molar-refractivity contribution >= 4 is 40.9 Å². The molecule has 1 aromatic rings. The lowest BCUT2D eigenvalue weighted by molar-refractivity contribution is -0.122. The summed E-state index contributed by atoms with van der Waals surface area (Å²) in [6.07, 6.45) is 5.91. The van der Waals surface area contributed by atoms with E-state index in [1.54, 1.807) is 0 Å². The van der Waals surface area contributed by atoms with Gasteiger partial charge in [0.1, 0.15) is 0 Å². The van der Waals surface area contributed by atoms with Crippen molar-refractivity contribution in [1.82, 2.24) is 10.6 Å². The molecule has 1 aliphatic rings. The van der Waals surface area contributed by atoms with E-state index < -0.39 is 0 Å². The molecule has 2 N–H and O–H groups in total. The fraction of sp³-hybridized carbons (Fsp3) is 0.562. The molecule has 0 spiro atoms. The molecule has 1 aliphatic heterocycles. The van der Waals surface area contributed by atoms with Gasteiger partial charge >= 0.3 is 0 Å². The Morgan fingerprint density at radius 1 is 1.19 bits per heavy atom. The lowest BCUT2D eigenvalue weighted by Crippen LogP contribution is -2.42. The molecule has 0 atom stereocenters. The highest BCUT2D eigenvalue weighted by Gasteiger charge is 2.14. The lowest BCUT2D eigenvalue weighted by atomic mass is 10.1. The maximum absolute atomic E-state index is 11.8. The van der Waals surface area contributed by atoms with Crippen molar-refractivity contribution in [3.8, 4) is 0 Å². The van der Waals surface area contributed by atoms with Crippen LogP contribution in [0.2, 0.25) is 0 Å². The Balaban J connectivity index is 0.00000220. The van der Waals surface area contributed by atoms with Gasteiger partial charge in [-0.25, -0.2) is 0 Å². The topological polar surface area (TPSA) is 41.1 Å². The Bertz CT molecular complexity index is 419. The number of benzene rings is 1. The number of rotatable bonds is 6. The van der Waals surface area contributed by atoms with Crippen LogP contribution < -0.4 is 10.6 Å². The first-order valence-corrected chi connectivity index (χ1v) is 8.56. The molecular weight excluding hydrogens is 399 g/mol. The lowest BCUT2D eigenvalue weighted by Gasteiger charge is -2.23. The zero-order valence-corrected chi connectivity index (χ0v) is 15.2. The monoisotopic (exact) mass is 422 g/mol. The highest BCUT2D eigenvalue weighted by atomic mass is 127. The molecule has 1 heterocycles. The Morgan fingerprint density at radius 2 is 1.86 bits per heavy atom. The maximum atomic E-state index is 11.8. The number of carbonyl (C=O) groups excluding carboxylic acids is 1. The highest BCUT2D eigenvalue weighted by Crippen LogP contribution is 2.10. The van der Waals surface area contributed by atoms with Crippen LogP contribution in [-0.2, 0) is 11.2 Å². The minimum atomic E-state index is 0. The summed E-state index contributed by atoms with van der Waals surface area (Å²) in [5, 5.41) is 6.46. The summed E-state index contributed by atoms with van der Waals surface area (Å²) in [6, 6.07) is 9.02. The molecular formula is C16H24ClIN2O. The third-order valence-corrected chi connectivity index (χ3v) is 4.46. The van der Waals surface area contributed by atoms with E-state index >= 15 is 0 Å². The summed E-state index contributed by atoms with van der Waals surface area (Å²) >= 11 is 2.32. The summed E-state index contributed by atoms with van der Waals surface area (Å²) in [5.41, 5.74) is 1.36. The molecule has 0 aliphatic carbocycles. The first kappa shape index (κ1) is 18.7. The van der Waals surface area contributed by atoms with Crippen LogP contribution in [0, 0.1) is 3.57 Å². The number of hydrogen-bond donors (Lipinski definition) is 2. The maximum Gasteiger partial charge on any atom is 0.220 e. The number of carbonyl (C=O) groups is 1. The van der Waals surface area contributed by atoms with E-state index in [0.717, 1.165) is 45.2 Å². The van der Waals surface area contributed by atoms with Crippen LogP contribution in [0.25, 0.3) is 0 Å². The molecule has 1 amide bonds. The quantitative estimate of drug-likeness (QED) is 0.545. The zero-order chi connectivity index (χ0) is 14.2. The van der Waals surface area contributed by atoms with Crippen LogP contribution in [0.5, 0.6) is 0 Å². The SMILES string of the molecule is Cl.O=C(CCCCc1ccc(I)cc1)NC1CCNCC1. The molecule has 3 nitrogen and oxygen atoms in total. The van der Waals surface area contributed by atoms with Crippen LogP contribution in [0.4, 0.5) is 0 Å². The minimum Gasteiger partial charge on any atom is -0.353 e.